The number of guanidine groups is 1. The van der Waals surface area contributed by atoms with Crippen molar-refractivity contribution in [3.05, 3.63) is 58.3 Å². The van der Waals surface area contributed by atoms with Crippen LogP contribution in [0, 0.1) is 5.92 Å². The van der Waals surface area contributed by atoms with Crippen LogP contribution in [0.4, 0.5) is 0 Å². The van der Waals surface area contributed by atoms with Gasteiger partial charge in [0, 0.05) is 31.1 Å². The minimum atomic E-state index is 0.583. The molecule has 1 aromatic carbocycles. The van der Waals surface area contributed by atoms with Gasteiger partial charge in [-0.1, -0.05) is 36.4 Å². The highest BCUT2D eigenvalue weighted by Gasteiger charge is 2.21. The van der Waals surface area contributed by atoms with Crippen molar-refractivity contribution in [3.8, 4) is 0 Å². The molecule has 3 N–H and O–H groups in total. The minimum Gasteiger partial charge on any atom is -0.370 e. The maximum atomic E-state index is 5.99. The summed E-state index contributed by atoms with van der Waals surface area (Å²) in [4.78, 5) is 8.47. The van der Waals surface area contributed by atoms with Crippen LogP contribution in [-0.4, -0.2) is 43.6 Å². The zero-order chi connectivity index (χ0) is 17.3. The number of rotatable bonds is 8. The summed E-state index contributed by atoms with van der Waals surface area (Å²) in [5.41, 5.74) is 7.41. The van der Waals surface area contributed by atoms with E-state index in [0.29, 0.717) is 11.9 Å². The Labute approximate surface area is 154 Å². The van der Waals surface area contributed by atoms with Gasteiger partial charge >= 0.3 is 0 Å². The van der Waals surface area contributed by atoms with Crippen molar-refractivity contribution in [2.24, 2.45) is 16.6 Å². The Bertz CT molecular complexity index is 639. The number of thiophene rings is 1. The Morgan fingerprint density at radius 1 is 1.20 bits per heavy atom. The number of nitrogens with one attached hydrogen (secondary N) is 1. The fourth-order valence-corrected chi connectivity index (χ4v) is 3.96. The molecule has 0 saturated carbocycles. The summed E-state index contributed by atoms with van der Waals surface area (Å²) < 4.78 is 0. The lowest BCUT2D eigenvalue weighted by Gasteiger charge is -2.15. The van der Waals surface area contributed by atoms with Crippen LogP contribution in [0.25, 0.3) is 0 Å². The molecule has 5 heteroatoms. The van der Waals surface area contributed by atoms with Gasteiger partial charge in [-0.2, -0.15) is 0 Å². The first-order valence-corrected chi connectivity index (χ1v) is 10.00. The minimum absolute atomic E-state index is 0.583. The fourth-order valence-electron chi connectivity index (χ4n) is 3.25. The molecule has 0 amide bonds. The predicted octanol–water partition coefficient (Wildman–Crippen LogP) is 2.76. The van der Waals surface area contributed by atoms with Crippen LogP contribution < -0.4 is 11.1 Å². The molecule has 0 aliphatic carbocycles. The third-order valence-corrected chi connectivity index (χ3v) is 5.64. The predicted molar refractivity (Wildman–Crippen MR) is 107 cm³/mol. The van der Waals surface area contributed by atoms with E-state index in [1.54, 1.807) is 11.3 Å². The zero-order valence-corrected chi connectivity index (χ0v) is 15.5. The van der Waals surface area contributed by atoms with E-state index in [9.17, 15) is 0 Å². The van der Waals surface area contributed by atoms with E-state index in [1.807, 2.05) is 0 Å². The first kappa shape index (κ1) is 18.0. The summed E-state index contributed by atoms with van der Waals surface area (Å²) in [7, 11) is 0. The van der Waals surface area contributed by atoms with Crippen LogP contribution in [0.5, 0.6) is 0 Å². The third-order valence-electron chi connectivity index (χ3n) is 4.71. The lowest BCUT2D eigenvalue weighted by molar-refractivity contribution is 0.329. The van der Waals surface area contributed by atoms with E-state index in [2.05, 4.69) is 63.1 Å². The summed E-state index contributed by atoms with van der Waals surface area (Å²) in [5, 5.41) is 5.33. The van der Waals surface area contributed by atoms with Gasteiger partial charge in [0.2, 0.25) is 0 Å². The van der Waals surface area contributed by atoms with Crippen molar-refractivity contribution in [1.82, 2.24) is 10.2 Å². The van der Waals surface area contributed by atoms with Crippen molar-refractivity contribution in [2.45, 2.75) is 19.3 Å². The molecule has 2 heterocycles. The Morgan fingerprint density at radius 2 is 2.08 bits per heavy atom. The second-order valence-electron chi connectivity index (χ2n) is 6.67. The summed E-state index contributed by atoms with van der Waals surface area (Å²) in [6.07, 6.45) is 3.36. The van der Waals surface area contributed by atoms with Crippen LogP contribution in [0.15, 0.2) is 52.8 Å². The van der Waals surface area contributed by atoms with Crippen LogP contribution in [0.3, 0.4) is 0 Å². The third kappa shape index (κ3) is 6.18. The van der Waals surface area contributed by atoms with Crippen molar-refractivity contribution < 1.29 is 0 Å². The van der Waals surface area contributed by atoms with Crippen LogP contribution in [-0.2, 0) is 12.8 Å². The van der Waals surface area contributed by atoms with E-state index >= 15 is 0 Å². The van der Waals surface area contributed by atoms with Crippen LogP contribution >= 0.6 is 11.3 Å². The van der Waals surface area contributed by atoms with E-state index in [1.165, 1.54) is 23.4 Å². The van der Waals surface area contributed by atoms with Crippen molar-refractivity contribution in [3.63, 3.8) is 0 Å². The number of aliphatic imine (C=N–C) groups is 1. The maximum Gasteiger partial charge on any atom is 0.188 e. The lowest BCUT2D eigenvalue weighted by Crippen LogP contribution is -2.33. The number of hydrogen-bond donors (Lipinski definition) is 2. The van der Waals surface area contributed by atoms with Gasteiger partial charge in [-0.3, -0.25) is 4.99 Å². The van der Waals surface area contributed by atoms with Crippen LogP contribution in [0.2, 0.25) is 0 Å². The zero-order valence-electron chi connectivity index (χ0n) is 14.7. The summed E-state index contributed by atoms with van der Waals surface area (Å²) in [6, 6.07) is 15.0. The molecule has 25 heavy (non-hydrogen) atoms. The van der Waals surface area contributed by atoms with Gasteiger partial charge in [-0.25, -0.2) is 0 Å². The molecule has 1 aromatic heterocycles. The number of benzene rings is 1. The first-order chi connectivity index (χ1) is 12.3. The molecule has 1 aliphatic rings. The Morgan fingerprint density at radius 3 is 2.88 bits per heavy atom. The number of nitrogens with two attached hydrogens (primary N) is 1. The highest BCUT2D eigenvalue weighted by atomic mass is 32.1. The van der Waals surface area contributed by atoms with Gasteiger partial charge in [-0.05, 0) is 48.7 Å². The molecule has 3 rings (SSSR count). The molecule has 0 spiro atoms. The average Bonchev–Trinajstić information content (AvgIpc) is 3.31. The monoisotopic (exact) mass is 356 g/mol. The number of nitrogens with zero attached hydrogens (tertiary/aromatic N) is 2. The van der Waals surface area contributed by atoms with Gasteiger partial charge in [0.1, 0.15) is 0 Å². The summed E-state index contributed by atoms with van der Waals surface area (Å²) >= 11 is 1.79. The molecule has 4 nitrogen and oxygen atoms in total. The fraction of sp³-hybridized carbons (Fsp3) is 0.450. The molecule has 1 aliphatic heterocycles. The van der Waals surface area contributed by atoms with Crippen molar-refractivity contribution in [2.75, 3.05) is 32.7 Å². The molecule has 134 valence electrons. The molecule has 1 saturated heterocycles. The smallest absolute Gasteiger partial charge is 0.188 e. The van der Waals surface area contributed by atoms with E-state index < -0.39 is 0 Å². The van der Waals surface area contributed by atoms with Gasteiger partial charge in [0.25, 0.3) is 0 Å². The molecule has 0 radical (unpaired) electrons. The lowest BCUT2D eigenvalue weighted by atomic mass is 10.1. The molecule has 0 bridgehead atoms. The summed E-state index contributed by atoms with van der Waals surface area (Å²) in [5.74, 6) is 1.22. The first-order valence-electron chi connectivity index (χ1n) is 9.12. The van der Waals surface area contributed by atoms with E-state index in [0.717, 1.165) is 39.0 Å². The molecule has 1 fully saturated rings. The molecular weight excluding hydrogens is 328 g/mol. The Balaban J connectivity index is 1.32. The topological polar surface area (TPSA) is 53.6 Å². The van der Waals surface area contributed by atoms with Crippen molar-refractivity contribution >= 4 is 17.3 Å². The molecule has 1 unspecified atom stereocenters. The number of hydrogen-bond acceptors (Lipinski definition) is 3. The highest BCUT2D eigenvalue weighted by molar-refractivity contribution is 7.09. The van der Waals surface area contributed by atoms with Gasteiger partial charge < -0.3 is 16.0 Å². The van der Waals surface area contributed by atoms with Crippen LogP contribution in [0.1, 0.15) is 16.9 Å². The van der Waals surface area contributed by atoms with Gasteiger partial charge in [0.05, 0.1) is 0 Å². The quantitative estimate of drug-likeness (QED) is 0.565. The standard InChI is InChI=1S/C20H28N4S/c21-20(22-11-8-19-7-4-14-25-19)23-15-18-10-13-24(16-18)12-9-17-5-2-1-3-6-17/h1-7,14,18H,8-13,15-16H2,(H3,21,22,23). The molecular formula is C20H28N4S. The number of likely N-dealkylation sites (tertiary alicyclic amines) is 1. The SMILES string of the molecule is NC(=NCC1CCN(CCc2ccccc2)C1)NCCc1cccs1. The largest absolute Gasteiger partial charge is 0.370 e. The van der Waals surface area contributed by atoms with E-state index in [-0.39, 0.29) is 0 Å². The van der Waals surface area contributed by atoms with Crippen molar-refractivity contribution in [1.29, 1.82) is 0 Å². The highest BCUT2D eigenvalue weighted by Crippen LogP contribution is 2.17. The van der Waals surface area contributed by atoms with Gasteiger partial charge in [0.15, 0.2) is 5.96 Å². The second kappa shape index (κ2) is 9.59. The molecule has 2 aromatic rings. The maximum absolute atomic E-state index is 5.99. The van der Waals surface area contributed by atoms with Gasteiger partial charge in [-0.15, -0.1) is 11.3 Å². The normalized spacial score (nSPS) is 18.6. The average molecular weight is 357 g/mol. The second-order valence-corrected chi connectivity index (χ2v) is 7.71. The van der Waals surface area contributed by atoms with E-state index in [4.69, 9.17) is 5.73 Å². The summed E-state index contributed by atoms with van der Waals surface area (Å²) in [6.45, 7) is 5.14. The molecule has 1 atom stereocenters. The Hall–Kier alpha value is -1.85. The Kier molecular flexibility index (Phi) is 6.89.